The minimum Gasteiger partial charge on any atom is -0.487 e. The number of ether oxygens (including phenoxy) is 1. The fraction of sp³-hybridized carbons (Fsp3) is 0.143. The van der Waals surface area contributed by atoms with Gasteiger partial charge in [-0.15, -0.1) is 0 Å². The van der Waals surface area contributed by atoms with Crippen molar-refractivity contribution < 1.29 is 14.1 Å². The molecule has 7 heteroatoms. The topological polar surface area (TPSA) is 78.4 Å². The summed E-state index contributed by atoms with van der Waals surface area (Å²) in [6.45, 7) is 0.186. The fourth-order valence-corrected chi connectivity index (χ4v) is 2.05. The summed E-state index contributed by atoms with van der Waals surface area (Å²) in [5.41, 5.74) is 6.26. The van der Waals surface area contributed by atoms with Gasteiger partial charge in [0.05, 0.1) is 15.5 Å². The first-order chi connectivity index (χ1) is 10.0. The highest BCUT2D eigenvalue weighted by Gasteiger charge is 2.15. The summed E-state index contributed by atoms with van der Waals surface area (Å²) in [4.78, 5) is 10.3. The van der Waals surface area contributed by atoms with Gasteiger partial charge in [-0.1, -0.05) is 17.7 Å². The summed E-state index contributed by atoms with van der Waals surface area (Å²) in [6.07, 6.45) is 0. The molecular formula is C14H12ClFN2O3. The zero-order valence-corrected chi connectivity index (χ0v) is 11.6. The molecule has 0 unspecified atom stereocenters. The number of nitrogens with two attached hydrogens (primary N) is 1. The Morgan fingerprint density at radius 1 is 1.29 bits per heavy atom. The smallest absolute Gasteiger partial charge is 0.276 e. The van der Waals surface area contributed by atoms with Crippen molar-refractivity contribution in [2.45, 2.75) is 13.2 Å². The van der Waals surface area contributed by atoms with Gasteiger partial charge in [-0.2, -0.15) is 0 Å². The number of benzene rings is 2. The molecule has 110 valence electrons. The van der Waals surface area contributed by atoms with E-state index in [2.05, 4.69) is 0 Å². The van der Waals surface area contributed by atoms with Crippen molar-refractivity contribution in [3.63, 3.8) is 0 Å². The lowest BCUT2D eigenvalue weighted by Gasteiger charge is -2.09. The van der Waals surface area contributed by atoms with E-state index in [1.165, 1.54) is 0 Å². The molecular weight excluding hydrogens is 299 g/mol. The zero-order valence-electron chi connectivity index (χ0n) is 10.9. The second kappa shape index (κ2) is 6.51. The molecule has 2 aromatic carbocycles. The average molecular weight is 311 g/mol. The highest BCUT2D eigenvalue weighted by Crippen LogP contribution is 2.28. The lowest BCUT2D eigenvalue weighted by atomic mass is 10.2. The largest absolute Gasteiger partial charge is 0.487 e. The molecule has 0 saturated heterocycles. The van der Waals surface area contributed by atoms with Crippen LogP contribution in [0.25, 0.3) is 0 Å². The van der Waals surface area contributed by atoms with Gasteiger partial charge in [-0.05, 0) is 29.8 Å². The van der Waals surface area contributed by atoms with E-state index in [9.17, 15) is 14.5 Å². The lowest BCUT2D eigenvalue weighted by molar-refractivity contribution is -0.385. The monoisotopic (exact) mass is 310 g/mol. The summed E-state index contributed by atoms with van der Waals surface area (Å²) in [5, 5.41) is 11.2. The van der Waals surface area contributed by atoms with Crippen molar-refractivity contribution in [2.75, 3.05) is 0 Å². The van der Waals surface area contributed by atoms with Gasteiger partial charge >= 0.3 is 0 Å². The minimum absolute atomic E-state index is 0.138. The Morgan fingerprint density at radius 3 is 2.67 bits per heavy atom. The molecule has 2 aromatic rings. The van der Waals surface area contributed by atoms with Crippen LogP contribution in [-0.2, 0) is 13.2 Å². The third-order valence-corrected chi connectivity index (χ3v) is 3.15. The molecule has 0 spiro atoms. The fourth-order valence-electron chi connectivity index (χ4n) is 1.79. The maximum Gasteiger partial charge on any atom is 0.276 e. The Hall–Kier alpha value is -2.18. The third-order valence-electron chi connectivity index (χ3n) is 2.85. The highest BCUT2D eigenvalue weighted by atomic mass is 35.5. The molecule has 0 fully saturated rings. The van der Waals surface area contributed by atoms with E-state index in [1.54, 1.807) is 18.2 Å². The summed E-state index contributed by atoms with van der Waals surface area (Å²) in [6, 6.07) is 8.21. The first-order valence-corrected chi connectivity index (χ1v) is 6.43. The third kappa shape index (κ3) is 3.68. The number of rotatable bonds is 5. The second-order valence-corrected chi connectivity index (χ2v) is 4.69. The van der Waals surface area contributed by atoms with Crippen molar-refractivity contribution in [1.29, 1.82) is 0 Å². The number of hydrogen-bond acceptors (Lipinski definition) is 4. The number of nitro groups is 1. The highest BCUT2D eigenvalue weighted by molar-refractivity contribution is 6.32. The molecule has 0 aliphatic rings. The van der Waals surface area contributed by atoms with Gasteiger partial charge in [0.1, 0.15) is 18.2 Å². The van der Waals surface area contributed by atoms with Crippen LogP contribution in [0, 0.1) is 15.9 Å². The Morgan fingerprint density at radius 2 is 2.05 bits per heavy atom. The van der Waals surface area contributed by atoms with Gasteiger partial charge in [0.25, 0.3) is 5.69 Å². The zero-order chi connectivity index (χ0) is 15.4. The first-order valence-electron chi connectivity index (χ1n) is 6.05. The molecule has 0 aliphatic heterocycles. The summed E-state index contributed by atoms with van der Waals surface area (Å²) in [5.74, 6) is -0.212. The van der Waals surface area contributed by atoms with Crippen molar-refractivity contribution >= 4 is 17.3 Å². The van der Waals surface area contributed by atoms with E-state index >= 15 is 0 Å². The normalized spacial score (nSPS) is 10.4. The number of nitrogens with zero attached hydrogens (tertiary/aromatic N) is 1. The lowest BCUT2D eigenvalue weighted by Crippen LogP contribution is -2.02. The van der Waals surface area contributed by atoms with Crippen molar-refractivity contribution in [1.82, 2.24) is 0 Å². The summed E-state index contributed by atoms with van der Waals surface area (Å²) in [7, 11) is 0. The molecule has 0 radical (unpaired) electrons. The molecule has 0 saturated carbocycles. The average Bonchev–Trinajstić information content (AvgIpc) is 2.45. The quantitative estimate of drug-likeness (QED) is 0.678. The van der Waals surface area contributed by atoms with E-state index in [0.717, 1.165) is 23.8 Å². The van der Waals surface area contributed by atoms with Gasteiger partial charge in [0.15, 0.2) is 0 Å². The Balaban J connectivity index is 2.20. The van der Waals surface area contributed by atoms with Crippen LogP contribution in [0.5, 0.6) is 5.75 Å². The van der Waals surface area contributed by atoms with Crippen LogP contribution in [0.3, 0.4) is 0 Å². The minimum atomic E-state index is -0.586. The Labute approximate surface area is 125 Å². The molecule has 5 nitrogen and oxygen atoms in total. The van der Waals surface area contributed by atoms with Crippen molar-refractivity contribution in [2.24, 2.45) is 5.73 Å². The van der Waals surface area contributed by atoms with Gasteiger partial charge < -0.3 is 10.5 Å². The predicted molar refractivity (Wildman–Crippen MR) is 76.7 cm³/mol. The van der Waals surface area contributed by atoms with Crippen LogP contribution in [0.15, 0.2) is 36.4 Å². The molecule has 21 heavy (non-hydrogen) atoms. The molecule has 2 rings (SSSR count). The van der Waals surface area contributed by atoms with Crippen LogP contribution in [0.1, 0.15) is 11.1 Å². The molecule has 2 N–H and O–H groups in total. The number of halogens is 2. The Kier molecular flexibility index (Phi) is 4.72. The number of hydrogen-bond donors (Lipinski definition) is 1. The van der Waals surface area contributed by atoms with Gasteiger partial charge in [0, 0.05) is 12.6 Å². The number of nitro benzene ring substituents is 1. The van der Waals surface area contributed by atoms with Crippen LogP contribution < -0.4 is 10.5 Å². The summed E-state index contributed by atoms with van der Waals surface area (Å²) >= 11 is 6.02. The van der Waals surface area contributed by atoms with Crippen LogP contribution in [0.2, 0.25) is 5.02 Å². The van der Waals surface area contributed by atoms with Gasteiger partial charge in [-0.3, -0.25) is 10.1 Å². The van der Waals surface area contributed by atoms with Gasteiger partial charge in [0.2, 0.25) is 0 Å². The molecule has 0 atom stereocenters. The maximum atomic E-state index is 13.2. The van der Waals surface area contributed by atoms with Crippen LogP contribution >= 0.6 is 11.6 Å². The molecule has 0 aliphatic carbocycles. The van der Waals surface area contributed by atoms with Crippen molar-refractivity contribution in [3.8, 4) is 5.75 Å². The van der Waals surface area contributed by atoms with Crippen LogP contribution in [-0.4, -0.2) is 4.92 Å². The van der Waals surface area contributed by atoms with Gasteiger partial charge in [-0.25, -0.2) is 4.39 Å². The maximum absolute atomic E-state index is 13.2. The molecule has 0 aromatic heterocycles. The molecule has 0 amide bonds. The molecule has 0 heterocycles. The standard InChI is InChI=1S/C14H12ClFN2O3/c15-12-5-9(7-17)1-4-14(12)21-8-10-6-11(16)2-3-13(10)18(19)20/h1-6H,7-8,17H2. The van der Waals surface area contributed by atoms with E-state index in [0.29, 0.717) is 17.3 Å². The van der Waals surface area contributed by atoms with E-state index < -0.39 is 10.7 Å². The second-order valence-electron chi connectivity index (χ2n) is 4.29. The Bertz CT molecular complexity index is 679. The summed E-state index contributed by atoms with van der Waals surface area (Å²) < 4.78 is 18.6. The first kappa shape index (κ1) is 15.2. The molecule has 0 bridgehead atoms. The van der Waals surface area contributed by atoms with E-state index in [1.807, 2.05) is 0 Å². The SMILES string of the molecule is NCc1ccc(OCc2cc(F)ccc2[N+](=O)[O-])c(Cl)c1. The van der Waals surface area contributed by atoms with E-state index in [4.69, 9.17) is 22.1 Å². The van der Waals surface area contributed by atoms with Crippen molar-refractivity contribution in [3.05, 3.63) is 68.5 Å². The van der Waals surface area contributed by atoms with Crippen LogP contribution in [0.4, 0.5) is 10.1 Å². The predicted octanol–water partition coefficient (Wildman–Crippen LogP) is 3.43. The van der Waals surface area contributed by atoms with E-state index in [-0.39, 0.29) is 17.9 Å².